The van der Waals surface area contributed by atoms with Crippen LogP contribution in [0.5, 0.6) is 11.5 Å². The van der Waals surface area contributed by atoms with Gasteiger partial charge in [-0.2, -0.15) is 0 Å². The maximum Gasteiger partial charge on any atom is 0.194 e. The van der Waals surface area contributed by atoms with Crippen LogP contribution in [0.1, 0.15) is 12.0 Å². The summed E-state index contributed by atoms with van der Waals surface area (Å²) >= 11 is 6.37. The number of hydrogen-bond acceptors (Lipinski definition) is 5. The van der Waals surface area contributed by atoms with Crippen LogP contribution < -0.4 is 14.8 Å². The lowest BCUT2D eigenvalue weighted by atomic mass is 10.2. The second kappa shape index (κ2) is 9.30. The molecule has 1 saturated heterocycles. The topological polar surface area (TPSA) is 64.6 Å². The Morgan fingerprint density at radius 3 is 3.00 bits per heavy atom. The molecule has 1 fully saturated rings. The quantitative estimate of drug-likeness (QED) is 0.633. The van der Waals surface area contributed by atoms with E-state index >= 15 is 0 Å². The van der Waals surface area contributed by atoms with Gasteiger partial charge in [-0.3, -0.25) is 4.99 Å². The van der Waals surface area contributed by atoms with Gasteiger partial charge in [0.25, 0.3) is 0 Å². The number of ether oxygens (including phenoxy) is 4. The average molecular weight is 384 g/mol. The van der Waals surface area contributed by atoms with Crippen LogP contribution in [0.2, 0.25) is 5.02 Å². The molecule has 26 heavy (non-hydrogen) atoms. The highest BCUT2D eigenvalue weighted by Gasteiger charge is 2.23. The lowest BCUT2D eigenvalue weighted by Crippen LogP contribution is -2.51. The Kier molecular flexibility index (Phi) is 6.82. The molecule has 0 bridgehead atoms. The number of methoxy groups -OCH3 is 1. The number of guanidine groups is 1. The molecule has 1 aromatic carbocycles. The summed E-state index contributed by atoms with van der Waals surface area (Å²) in [5.41, 5.74) is 1.02. The van der Waals surface area contributed by atoms with Crippen LogP contribution in [0.3, 0.4) is 0 Å². The van der Waals surface area contributed by atoms with Crippen molar-refractivity contribution in [1.29, 1.82) is 0 Å². The average Bonchev–Trinajstić information content (AvgIpc) is 2.89. The molecule has 8 heteroatoms. The zero-order valence-electron chi connectivity index (χ0n) is 15.3. The van der Waals surface area contributed by atoms with Crippen molar-refractivity contribution in [3.63, 3.8) is 0 Å². The van der Waals surface area contributed by atoms with Gasteiger partial charge in [0.2, 0.25) is 0 Å². The molecular weight excluding hydrogens is 358 g/mol. The molecule has 0 radical (unpaired) electrons. The van der Waals surface area contributed by atoms with Gasteiger partial charge in [0.05, 0.1) is 37.6 Å². The molecule has 0 spiro atoms. The minimum absolute atomic E-state index is 0.0554. The predicted octanol–water partition coefficient (Wildman–Crippen LogP) is 1.92. The Labute approximate surface area is 159 Å². The number of nitrogens with zero attached hydrogens (tertiary/aromatic N) is 2. The van der Waals surface area contributed by atoms with Crippen molar-refractivity contribution in [3.8, 4) is 11.5 Å². The molecule has 0 saturated carbocycles. The SMILES string of the molecule is CN=C(NCc1cc(Cl)c2c(c1)OCCCO2)N1CCOC(COC)C1. The van der Waals surface area contributed by atoms with Gasteiger partial charge in [-0.15, -0.1) is 0 Å². The second-order valence-electron chi connectivity index (χ2n) is 6.25. The van der Waals surface area contributed by atoms with Crippen LogP contribution in [0.25, 0.3) is 0 Å². The number of aliphatic imine (C=N–C) groups is 1. The van der Waals surface area contributed by atoms with E-state index in [1.807, 2.05) is 12.1 Å². The van der Waals surface area contributed by atoms with E-state index in [9.17, 15) is 0 Å². The smallest absolute Gasteiger partial charge is 0.194 e. The summed E-state index contributed by atoms with van der Waals surface area (Å²) in [7, 11) is 3.47. The van der Waals surface area contributed by atoms with E-state index < -0.39 is 0 Å². The van der Waals surface area contributed by atoms with Crippen LogP contribution in [0, 0.1) is 0 Å². The summed E-state index contributed by atoms with van der Waals surface area (Å²) in [6.45, 7) is 4.62. The predicted molar refractivity (Wildman–Crippen MR) is 100 cm³/mol. The molecular formula is C18H26ClN3O4. The van der Waals surface area contributed by atoms with Crippen molar-refractivity contribution in [3.05, 3.63) is 22.7 Å². The van der Waals surface area contributed by atoms with E-state index in [1.54, 1.807) is 14.2 Å². The number of nitrogens with one attached hydrogen (secondary N) is 1. The molecule has 1 aromatic rings. The van der Waals surface area contributed by atoms with E-state index in [0.717, 1.165) is 31.0 Å². The molecule has 0 aromatic heterocycles. The Morgan fingerprint density at radius 2 is 2.19 bits per heavy atom. The van der Waals surface area contributed by atoms with Gasteiger partial charge >= 0.3 is 0 Å². The third kappa shape index (κ3) is 4.72. The van der Waals surface area contributed by atoms with Gasteiger partial charge in [-0.05, 0) is 17.7 Å². The molecule has 144 valence electrons. The van der Waals surface area contributed by atoms with Gasteiger partial charge in [-0.1, -0.05) is 11.6 Å². The number of fused-ring (bicyclic) bond motifs is 1. The molecule has 3 rings (SSSR count). The zero-order chi connectivity index (χ0) is 18.4. The number of benzene rings is 1. The van der Waals surface area contributed by atoms with Crippen molar-refractivity contribution in [2.45, 2.75) is 19.1 Å². The van der Waals surface area contributed by atoms with Crippen LogP contribution in [0.4, 0.5) is 0 Å². The molecule has 0 amide bonds. The molecule has 0 aliphatic carbocycles. The first-order valence-corrected chi connectivity index (χ1v) is 9.23. The van der Waals surface area contributed by atoms with Crippen LogP contribution >= 0.6 is 11.6 Å². The number of hydrogen-bond donors (Lipinski definition) is 1. The summed E-state index contributed by atoms with van der Waals surface area (Å²) in [6, 6.07) is 3.88. The molecule has 2 heterocycles. The minimum Gasteiger partial charge on any atom is -0.489 e. The van der Waals surface area contributed by atoms with Crippen molar-refractivity contribution < 1.29 is 18.9 Å². The standard InChI is InChI=1S/C18H26ClN3O4/c1-20-18(22-4-7-24-14(11-22)12-23-2)21-10-13-8-15(19)17-16(9-13)25-5-3-6-26-17/h8-9,14H,3-7,10-12H2,1-2H3,(H,20,21). The van der Waals surface area contributed by atoms with E-state index in [2.05, 4.69) is 15.2 Å². The Bertz CT molecular complexity index is 639. The highest BCUT2D eigenvalue weighted by Crippen LogP contribution is 2.37. The number of morpholine rings is 1. The molecule has 1 atom stereocenters. The summed E-state index contributed by atoms with van der Waals surface area (Å²) < 4.78 is 22.3. The number of halogens is 1. The van der Waals surface area contributed by atoms with Gasteiger partial charge < -0.3 is 29.2 Å². The summed E-state index contributed by atoms with van der Waals surface area (Å²) in [6.07, 6.45) is 0.907. The Morgan fingerprint density at radius 1 is 1.35 bits per heavy atom. The fourth-order valence-corrected chi connectivity index (χ4v) is 3.39. The Hall–Kier alpha value is -1.70. The second-order valence-corrected chi connectivity index (χ2v) is 6.66. The van der Waals surface area contributed by atoms with Crippen molar-refractivity contribution in [1.82, 2.24) is 10.2 Å². The molecule has 2 aliphatic rings. The number of rotatable bonds is 4. The van der Waals surface area contributed by atoms with E-state index in [-0.39, 0.29) is 6.10 Å². The summed E-state index contributed by atoms with van der Waals surface area (Å²) in [5, 5.41) is 3.96. The largest absolute Gasteiger partial charge is 0.489 e. The molecule has 2 aliphatic heterocycles. The lowest BCUT2D eigenvalue weighted by Gasteiger charge is -2.34. The highest BCUT2D eigenvalue weighted by molar-refractivity contribution is 6.32. The zero-order valence-corrected chi connectivity index (χ0v) is 16.1. The van der Waals surface area contributed by atoms with E-state index in [0.29, 0.717) is 49.5 Å². The summed E-state index contributed by atoms with van der Waals surface area (Å²) in [4.78, 5) is 6.57. The monoisotopic (exact) mass is 383 g/mol. The highest BCUT2D eigenvalue weighted by atomic mass is 35.5. The van der Waals surface area contributed by atoms with E-state index in [4.69, 9.17) is 30.5 Å². The maximum atomic E-state index is 6.37. The van der Waals surface area contributed by atoms with Crippen molar-refractivity contribution in [2.75, 3.05) is 53.7 Å². The maximum absolute atomic E-state index is 6.37. The normalized spacial score (nSPS) is 20.7. The van der Waals surface area contributed by atoms with Gasteiger partial charge in [0, 0.05) is 40.2 Å². The van der Waals surface area contributed by atoms with Crippen LogP contribution in [0.15, 0.2) is 17.1 Å². The van der Waals surface area contributed by atoms with Gasteiger partial charge in [-0.25, -0.2) is 0 Å². The third-order valence-corrected chi connectivity index (χ3v) is 4.60. The first kappa shape index (κ1) is 19.1. The Balaban J connectivity index is 1.64. The minimum atomic E-state index is 0.0554. The molecule has 1 unspecified atom stereocenters. The van der Waals surface area contributed by atoms with Crippen molar-refractivity contribution >= 4 is 17.6 Å². The van der Waals surface area contributed by atoms with Crippen molar-refractivity contribution in [2.24, 2.45) is 4.99 Å². The first-order valence-electron chi connectivity index (χ1n) is 8.85. The van der Waals surface area contributed by atoms with Crippen LogP contribution in [-0.2, 0) is 16.0 Å². The van der Waals surface area contributed by atoms with Crippen LogP contribution in [-0.4, -0.2) is 70.6 Å². The van der Waals surface area contributed by atoms with E-state index in [1.165, 1.54) is 0 Å². The molecule has 7 nitrogen and oxygen atoms in total. The third-order valence-electron chi connectivity index (χ3n) is 4.32. The molecule has 1 N–H and O–H groups in total. The summed E-state index contributed by atoms with van der Waals surface area (Å²) in [5.74, 6) is 2.17. The van der Waals surface area contributed by atoms with Gasteiger partial charge in [0.15, 0.2) is 17.5 Å². The fourth-order valence-electron chi connectivity index (χ4n) is 3.10. The first-order chi connectivity index (χ1) is 12.7. The fraction of sp³-hybridized carbons (Fsp3) is 0.611. The van der Waals surface area contributed by atoms with Gasteiger partial charge in [0.1, 0.15) is 0 Å². The lowest BCUT2D eigenvalue weighted by molar-refractivity contribution is -0.0447.